The molecule has 1 aromatic heterocycles. The maximum atomic E-state index is 6.12. The van der Waals surface area contributed by atoms with E-state index in [2.05, 4.69) is 32.7 Å². The van der Waals surface area contributed by atoms with Gasteiger partial charge in [-0.1, -0.05) is 50.9 Å². The molecule has 0 aliphatic carbocycles. The van der Waals surface area contributed by atoms with Crippen molar-refractivity contribution in [2.45, 2.75) is 34.2 Å². The van der Waals surface area contributed by atoms with Crippen molar-refractivity contribution in [3.05, 3.63) is 22.2 Å². The highest BCUT2D eigenvalue weighted by molar-refractivity contribution is 6.42. The minimum absolute atomic E-state index is 0.507. The van der Waals surface area contributed by atoms with Crippen molar-refractivity contribution in [2.75, 3.05) is 5.73 Å². The van der Waals surface area contributed by atoms with Crippen LogP contribution in [0.3, 0.4) is 0 Å². The van der Waals surface area contributed by atoms with Crippen LogP contribution in [0.25, 0.3) is 11.0 Å². The van der Waals surface area contributed by atoms with Gasteiger partial charge >= 0.3 is 0 Å². The normalized spacial score (nSPS) is 12.2. The third-order valence-corrected chi connectivity index (χ3v) is 4.65. The van der Waals surface area contributed by atoms with E-state index in [9.17, 15) is 0 Å². The molecule has 1 aromatic carbocycles. The molecule has 2 aromatic rings. The Hall–Kier alpha value is -0.930. The number of nitrogens with two attached hydrogens (primary N) is 1. The number of fused-ring (bicyclic) bond motifs is 1. The molecule has 5 heteroatoms. The molecule has 0 aliphatic rings. The van der Waals surface area contributed by atoms with Crippen LogP contribution in [0.1, 0.15) is 27.7 Å². The molecular formula is C15H21Cl2N3. The number of nitrogens with zero attached hydrogens (tertiary/aromatic N) is 2. The molecule has 0 saturated heterocycles. The highest BCUT2D eigenvalue weighted by Gasteiger charge is 2.21. The molecule has 0 atom stereocenters. The van der Waals surface area contributed by atoms with Gasteiger partial charge < -0.3 is 10.3 Å². The first-order valence-electron chi connectivity index (χ1n) is 6.92. The van der Waals surface area contributed by atoms with Gasteiger partial charge in [0.05, 0.1) is 21.1 Å². The van der Waals surface area contributed by atoms with Crippen LogP contribution in [0.15, 0.2) is 12.1 Å². The van der Waals surface area contributed by atoms with Gasteiger partial charge in [0, 0.05) is 6.54 Å². The number of rotatable bonds is 4. The molecule has 1 heterocycles. The van der Waals surface area contributed by atoms with Gasteiger partial charge in [0.25, 0.3) is 0 Å². The molecule has 0 unspecified atom stereocenters. The van der Waals surface area contributed by atoms with Gasteiger partial charge in [-0.05, 0) is 29.9 Å². The summed E-state index contributed by atoms with van der Waals surface area (Å²) < 4.78 is 2.04. The fourth-order valence-electron chi connectivity index (χ4n) is 2.73. The zero-order chi connectivity index (χ0) is 15.0. The lowest BCUT2D eigenvalue weighted by atomic mass is 9.85. The van der Waals surface area contributed by atoms with Gasteiger partial charge in [0.15, 0.2) is 0 Å². The van der Waals surface area contributed by atoms with E-state index in [4.69, 9.17) is 28.9 Å². The Morgan fingerprint density at radius 1 is 1.10 bits per heavy atom. The Balaban J connectivity index is 2.48. The molecule has 0 amide bonds. The third-order valence-electron chi connectivity index (χ3n) is 3.93. The predicted molar refractivity (Wildman–Crippen MR) is 87.3 cm³/mol. The molecule has 0 saturated carbocycles. The molecule has 2 N–H and O–H groups in total. The Morgan fingerprint density at radius 3 is 2.20 bits per heavy atom. The van der Waals surface area contributed by atoms with E-state index >= 15 is 0 Å². The molecule has 0 aliphatic heterocycles. The number of hydrogen-bond donors (Lipinski definition) is 1. The Labute approximate surface area is 130 Å². The van der Waals surface area contributed by atoms with E-state index < -0.39 is 0 Å². The van der Waals surface area contributed by atoms with Crippen molar-refractivity contribution in [3.8, 4) is 0 Å². The van der Waals surface area contributed by atoms with Crippen LogP contribution in [0, 0.1) is 17.8 Å². The standard InChI is InChI=1S/C15H21Cl2N3/c1-8(2)10(9(3)4)7-20-14-6-12(17)11(16)5-13(14)19-15(20)18/h5-6,8-10H,7H2,1-4H3,(H2,18,19). The number of anilines is 1. The number of halogens is 2. The molecule has 0 spiro atoms. The van der Waals surface area contributed by atoms with Gasteiger partial charge in [-0.2, -0.15) is 0 Å². The summed E-state index contributed by atoms with van der Waals surface area (Å²) in [6, 6.07) is 3.62. The first kappa shape index (κ1) is 15.5. The van der Waals surface area contributed by atoms with E-state index in [-0.39, 0.29) is 0 Å². The summed E-state index contributed by atoms with van der Waals surface area (Å²) in [5.74, 6) is 2.21. The first-order valence-corrected chi connectivity index (χ1v) is 7.67. The van der Waals surface area contributed by atoms with Crippen molar-refractivity contribution < 1.29 is 0 Å². The van der Waals surface area contributed by atoms with Crippen molar-refractivity contribution in [1.82, 2.24) is 9.55 Å². The minimum atomic E-state index is 0.507. The maximum Gasteiger partial charge on any atom is 0.201 e. The molecule has 0 fully saturated rings. The second-order valence-electron chi connectivity index (χ2n) is 5.99. The second kappa shape index (κ2) is 5.82. The van der Waals surface area contributed by atoms with Crippen LogP contribution < -0.4 is 5.73 Å². The summed E-state index contributed by atoms with van der Waals surface area (Å²) in [5.41, 5.74) is 7.81. The van der Waals surface area contributed by atoms with Crippen LogP contribution in [0.4, 0.5) is 5.95 Å². The molecule has 0 bridgehead atoms. The topological polar surface area (TPSA) is 43.8 Å². The fraction of sp³-hybridized carbons (Fsp3) is 0.533. The number of aromatic nitrogens is 2. The molecule has 0 radical (unpaired) electrons. The Bertz CT molecular complexity index is 609. The zero-order valence-electron chi connectivity index (χ0n) is 12.3. The summed E-state index contributed by atoms with van der Waals surface area (Å²) in [6.45, 7) is 9.80. The van der Waals surface area contributed by atoms with Crippen LogP contribution in [-0.4, -0.2) is 9.55 Å². The molecule has 2 rings (SSSR count). The lowest BCUT2D eigenvalue weighted by Gasteiger charge is -2.26. The molecular weight excluding hydrogens is 293 g/mol. The van der Waals surface area contributed by atoms with Gasteiger partial charge in [-0.15, -0.1) is 0 Å². The predicted octanol–water partition coefficient (Wildman–Crippen LogP) is 4.85. The van der Waals surface area contributed by atoms with E-state index in [0.29, 0.717) is 33.7 Å². The van der Waals surface area contributed by atoms with E-state index in [0.717, 1.165) is 17.6 Å². The molecule has 20 heavy (non-hydrogen) atoms. The third kappa shape index (κ3) is 2.89. The Kier molecular flexibility index (Phi) is 4.50. The first-order chi connectivity index (χ1) is 9.31. The number of imidazole rings is 1. The van der Waals surface area contributed by atoms with E-state index in [1.807, 2.05) is 10.6 Å². The summed E-state index contributed by atoms with van der Waals surface area (Å²) in [7, 11) is 0. The summed E-state index contributed by atoms with van der Waals surface area (Å²) >= 11 is 12.2. The zero-order valence-corrected chi connectivity index (χ0v) is 13.8. The van der Waals surface area contributed by atoms with Crippen LogP contribution in [0.5, 0.6) is 0 Å². The van der Waals surface area contributed by atoms with E-state index in [1.54, 1.807) is 6.07 Å². The number of hydrogen-bond acceptors (Lipinski definition) is 2. The number of benzene rings is 1. The average molecular weight is 314 g/mol. The maximum absolute atomic E-state index is 6.12. The summed E-state index contributed by atoms with van der Waals surface area (Å²) in [6.07, 6.45) is 0. The van der Waals surface area contributed by atoms with Crippen LogP contribution >= 0.6 is 23.2 Å². The smallest absolute Gasteiger partial charge is 0.201 e. The lowest BCUT2D eigenvalue weighted by Crippen LogP contribution is -2.22. The number of nitrogen functional groups attached to an aromatic ring is 1. The van der Waals surface area contributed by atoms with Crippen molar-refractivity contribution in [3.63, 3.8) is 0 Å². The second-order valence-corrected chi connectivity index (χ2v) is 6.80. The fourth-order valence-corrected chi connectivity index (χ4v) is 3.05. The van der Waals surface area contributed by atoms with Gasteiger partial charge in [-0.25, -0.2) is 4.98 Å². The van der Waals surface area contributed by atoms with Crippen LogP contribution in [0.2, 0.25) is 10.0 Å². The highest BCUT2D eigenvalue weighted by Crippen LogP contribution is 2.31. The van der Waals surface area contributed by atoms with Crippen molar-refractivity contribution in [1.29, 1.82) is 0 Å². The largest absolute Gasteiger partial charge is 0.369 e. The molecule has 110 valence electrons. The average Bonchev–Trinajstić information content (AvgIpc) is 2.61. The highest BCUT2D eigenvalue weighted by atomic mass is 35.5. The minimum Gasteiger partial charge on any atom is -0.369 e. The monoisotopic (exact) mass is 313 g/mol. The molecule has 3 nitrogen and oxygen atoms in total. The van der Waals surface area contributed by atoms with Gasteiger partial charge in [0.1, 0.15) is 0 Å². The van der Waals surface area contributed by atoms with Gasteiger partial charge in [-0.3, -0.25) is 0 Å². The van der Waals surface area contributed by atoms with E-state index in [1.165, 1.54) is 0 Å². The lowest BCUT2D eigenvalue weighted by molar-refractivity contribution is 0.255. The van der Waals surface area contributed by atoms with Crippen molar-refractivity contribution in [2.24, 2.45) is 17.8 Å². The Morgan fingerprint density at radius 2 is 1.65 bits per heavy atom. The SMILES string of the molecule is CC(C)C(Cn1c(N)nc2cc(Cl)c(Cl)cc21)C(C)C. The van der Waals surface area contributed by atoms with Gasteiger partial charge in [0.2, 0.25) is 5.95 Å². The van der Waals surface area contributed by atoms with Crippen molar-refractivity contribution >= 4 is 40.2 Å². The summed E-state index contributed by atoms with van der Waals surface area (Å²) in [5, 5.41) is 1.04. The quantitative estimate of drug-likeness (QED) is 0.876. The van der Waals surface area contributed by atoms with Crippen LogP contribution in [-0.2, 0) is 6.54 Å². The summed E-state index contributed by atoms with van der Waals surface area (Å²) in [4.78, 5) is 4.38.